The maximum absolute atomic E-state index is 13.8. The van der Waals surface area contributed by atoms with E-state index in [0.717, 1.165) is 44.8 Å². The zero-order valence-electron chi connectivity index (χ0n) is 24.3. The van der Waals surface area contributed by atoms with Gasteiger partial charge in [-0.15, -0.1) is 0 Å². The second-order valence-electron chi connectivity index (χ2n) is 10.7. The first-order valence-corrected chi connectivity index (χ1v) is 15.9. The smallest absolute Gasteiger partial charge is 0.303 e. The summed E-state index contributed by atoms with van der Waals surface area (Å²) in [6.45, 7) is 2.47. The largest absolute Gasteiger partial charge is 0.493 e. The summed E-state index contributed by atoms with van der Waals surface area (Å²) in [6, 6.07) is 30.0. The van der Waals surface area contributed by atoms with E-state index in [0.29, 0.717) is 31.1 Å². The lowest BCUT2D eigenvalue weighted by Gasteiger charge is -2.16. The van der Waals surface area contributed by atoms with E-state index in [4.69, 9.17) is 9.15 Å². The molecule has 5 aromatic rings. The monoisotopic (exact) mass is 608 g/mol. The molecule has 1 aliphatic heterocycles. The van der Waals surface area contributed by atoms with E-state index >= 15 is 0 Å². The standard InChI is InChI=1S/C35H32N2O6S/c1-24-32(36-35(43-24)28-10-6-3-7-11-28)20-21-42-33-18-14-27(15-19-34(38)39)30-22-37(23-31(30)33)44(40,41)29-16-12-26(13-17-29)25-8-4-2-5-9-25/h2-14,16-18H,15,19-23H2,1H3,(H,38,39). The van der Waals surface area contributed by atoms with Gasteiger partial charge < -0.3 is 14.3 Å². The molecule has 0 unspecified atom stereocenters. The van der Waals surface area contributed by atoms with Crippen molar-refractivity contribution in [2.75, 3.05) is 6.61 Å². The molecule has 1 aliphatic rings. The van der Waals surface area contributed by atoms with Gasteiger partial charge in [0.2, 0.25) is 15.9 Å². The molecule has 0 saturated heterocycles. The van der Waals surface area contributed by atoms with Crippen molar-refractivity contribution in [2.45, 2.75) is 44.2 Å². The van der Waals surface area contributed by atoms with Crippen molar-refractivity contribution in [1.82, 2.24) is 9.29 Å². The number of nitrogens with zero attached hydrogens (tertiary/aromatic N) is 2. The number of aryl methyl sites for hydroxylation is 2. The molecule has 224 valence electrons. The third-order valence-electron chi connectivity index (χ3n) is 7.87. The molecule has 1 aromatic heterocycles. The van der Waals surface area contributed by atoms with Crippen LogP contribution in [0.3, 0.4) is 0 Å². The molecule has 0 spiro atoms. The van der Waals surface area contributed by atoms with Crippen LogP contribution in [0.1, 0.15) is 34.6 Å². The summed E-state index contributed by atoms with van der Waals surface area (Å²) in [4.78, 5) is 16.2. The van der Waals surface area contributed by atoms with Crippen molar-refractivity contribution in [3.63, 3.8) is 0 Å². The lowest BCUT2D eigenvalue weighted by molar-refractivity contribution is -0.136. The summed E-state index contributed by atoms with van der Waals surface area (Å²) < 4.78 is 41.1. The maximum atomic E-state index is 13.8. The van der Waals surface area contributed by atoms with Gasteiger partial charge in [0.15, 0.2) is 0 Å². The molecule has 0 bridgehead atoms. The molecule has 4 aromatic carbocycles. The second-order valence-corrected chi connectivity index (χ2v) is 12.7. The fourth-order valence-electron chi connectivity index (χ4n) is 5.50. The number of benzene rings is 4. The van der Waals surface area contributed by atoms with E-state index in [1.807, 2.05) is 91.9 Å². The van der Waals surface area contributed by atoms with Crippen molar-refractivity contribution in [3.05, 3.63) is 125 Å². The predicted octanol–water partition coefficient (Wildman–Crippen LogP) is 6.66. The molecule has 0 saturated carbocycles. The molecule has 2 heterocycles. The molecule has 0 aliphatic carbocycles. The van der Waals surface area contributed by atoms with Gasteiger partial charge in [-0.1, -0.05) is 66.7 Å². The van der Waals surface area contributed by atoms with Crippen LogP contribution in [-0.2, 0) is 40.7 Å². The summed E-state index contributed by atoms with van der Waals surface area (Å²) in [5.41, 5.74) is 6.00. The average molecular weight is 609 g/mol. The number of aliphatic carboxylic acids is 1. The van der Waals surface area contributed by atoms with Crippen molar-refractivity contribution >= 4 is 16.0 Å². The summed E-state index contributed by atoms with van der Waals surface area (Å²) >= 11 is 0. The molecule has 0 radical (unpaired) electrons. The summed E-state index contributed by atoms with van der Waals surface area (Å²) in [5, 5.41) is 9.29. The number of fused-ring (bicyclic) bond motifs is 1. The fourth-order valence-corrected chi connectivity index (χ4v) is 6.88. The normalized spacial score (nSPS) is 13.1. The minimum absolute atomic E-state index is 0.0461. The number of carboxylic acid groups (broad SMARTS) is 1. The molecule has 1 N–H and O–H groups in total. The number of carbonyl (C=O) groups is 1. The Kier molecular flexibility index (Phi) is 8.32. The van der Waals surface area contributed by atoms with Crippen molar-refractivity contribution in [1.29, 1.82) is 0 Å². The minimum atomic E-state index is -3.82. The summed E-state index contributed by atoms with van der Waals surface area (Å²) in [5.74, 6) is 0.954. The highest BCUT2D eigenvalue weighted by atomic mass is 32.2. The van der Waals surface area contributed by atoms with Crippen LogP contribution >= 0.6 is 0 Å². The first-order valence-electron chi connectivity index (χ1n) is 14.4. The zero-order valence-corrected chi connectivity index (χ0v) is 25.1. The van der Waals surface area contributed by atoms with Crippen LogP contribution in [0.2, 0.25) is 0 Å². The van der Waals surface area contributed by atoms with Gasteiger partial charge in [0.1, 0.15) is 11.5 Å². The quantitative estimate of drug-likeness (QED) is 0.179. The molecular formula is C35H32N2O6S. The van der Waals surface area contributed by atoms with E-state index in [2.05, 4.69) is 4.98 Å². The molecule has 0 amide bonds. The molecule has 8 nitrogen and oxygen atoms in total. The fraction of sp³-hybridized carbons (Fsp3) is 0.200. The van der Waals surface area contributed by atoms with Crippen LogP contribution in [0, 0.1) is 6.92 Å². The number of hydrogen-bond donors (Lipinski definition) is 1. The van der Waals surface area contributed by atoms with Gasteiger partial charge in [-0.05, 0) is 65.9 Å². The van der Waals surface area contributed by atoms with Crippen LogP contribution in [0.4, 0.5) is 0 Å². The van der Waals surface area contributed by atoms with Crippen LogP contribution < -0.4 is 4.74 Å². The highest BCUT2D eigenvalue weighted by Crippen LogP contribution is 2.37. The Balaban J connectivity index is 1.21. The molecule has 44 heavy (non-hydrogen) atoms. The molecule has 0 fully saturated rings. The number of aromatic nitrogens is 1. The van der Waals surface area contributed by atoms with Gasteiger partial charge in [-0.3, -0.25) is 4.79 Å². The number of carboxylic acids is 1. The molecule has 0 atom stereocenters. The second kappa shape index (κ2) is 12.5. The number of hydrogen-bond acceptors (Lipinski definition) is 6. The van der Waals surface area contributed by atoms with Crippen LogP contribution in [0.15, 0.2) is 106 Å². The maximum Gasteiger partial charge on any atom is 0.303 e. The van der Waals surface area contributed by atoms with Crippen molar-refractivity contribution in [2.24, 2.45) is 0 Å². The molecule has 6 rings (SSSR count). The van der Waals surface area contributed by atoms with Gasteiger partial charge in [0.05, 0.1) is 17.2 Å². The van der Waals surface area contributed by atoms with Crippen molar-refractivity contribution in [3.8, 4) is 28.3 Å². The first-order chi connectivity index (χ1) is 21.3. The van der Waals surface area contributed by atoms with Gasteiger partial charge >= 0.3 is 5.97 Å². The van der Waals surface area contributed by atoms with E-state index in [-0.39, 0.29) is 24.4 Å². The molecular weight excluding hydrogens is 576 g/mol. The SMILES string of the molecule is Cc1oc(-c2ccccc2)nc1CCOc1ccc(CCC(=O)O)c2c1CN(S(=O)(=O)c1ccc(-c3ccccc3)cc1)C2. The van der Waals surface area contributed by atoms with E-state index in [1.54, 1.807) is 12.1 Å². The Bertz CT molecular complexity index is 1890. The Morgan fingerprint density at radius 3 is 2.16 bits per heavy atom. The van der Waals surface area contributed by atoms with Gasteiger partial charge in [0.25, 0.3) is 0 Å². The lowest BCUT2D eigenvalue weighted by atomic mass is 9.99. The Hall–Kier alpha value is -4.73. The predicted molar refractivity (Wildman–Crippen MR) is 167 cm³/mol. The number of ether oxygens (including phenoxy) is 1. The third-order valence-corrected chi connectivity index (χ3v) is 9.68. The number of rotatable bonds is 11. The summed E-state index contributed by atoms with van der Waals surface area (Å²) in [6.07, 6.45) is 0.765. The highest BCUT2D eigenvalue weighted by molar-refractivity contribution is 7.89. The number of oxazole rings is 1. The van der Waals surface area contributed by atoms with Crippen LogP contribution in [0.5, 0.6) is 5.75 Å². The summed E-state index contributed by atoms with van der Waals surface area (Å²) in [7, 11) is -3.82. The highest BCUT2D eigenvalue weighted by Gasteiger charge is 2.34. The van der Waals surface area contributed by atoms with E-state index < -0.39 is 16.0 Å². The molecule has 9 heteroatoms. The zero-order chi connectivity index (χ0) is 30.7. The Morgan fingerprint density at radius 1 is 0.841 bits per heavy atom. The lowest BCUT2D eigenvalue weighted by Crippen LogP contribution is -2.25. The Morgan fingerprint density at radius 2 is 1.48 bits per heavy atom. The number of sulfonamides is 1. The van der Waals surface area contributed by atoms with Crippen LogP contribution in [-0.4, -0.2) is 35.4 Å². The van der Waals surface area contributed by atoms with E-state index in [9.17, 15) is 18.3 Å². The van der Waals surface area contributed by atoms with Gasteiger partial charge in [0, 0.05) is 37.1 Å². The topological polar surface area (TPSA) is 110 Å². The minimum Gasteiger partial charge on any atom is -0.493 e. The first kappa shape index (κ1) is 29.3. The van der Waals surface area contributed by atoms with E-state index in [1.165, 1.54) is 4.31 Å². The van der Waals surface area contributed by atoms with Gasteiger partial charge in [-0.2, -0.15) is 4.31 Å². The average Bonchev–Trinajstić information content (AvgIpc) is 3.66. The van der Waals surface area contributed by atoms with Gasteiger partial charge in [-0.25, -0.2) is 13.4 Å². The van der Waals surface area contributed by atoms with Crippen molar-refractivity contribution < 1.29 is 27.5 Å². The van der Waals surface area contributed by atoms with Crippen LogP contribution in [0.25, 0.3) is 22.6 Å². The Labute approximate surface area is 256 Å². The third kappa shape index (κ3) is 6.15.